The molecule has 2 atom stereocenters. The van der Waals surface area contributed by atoms with Crippen molar-refractivity contribution in [1.82, 2.24) is 10.2 Å². The minimum Gasteiger partial charge on any atom is -0.339 e. The summed E-state index contributed by atoms with van der Waals surface area (Å²) in [5, 5.41) is 3.35. The first kappa shape index (κ1) is 18.3. The Hall–Kier alpha value is -0.780. The summed E-state index contributed by atoms with van der Waals surface area (Å²) < 4.78 is 13.8. The Balaban J connectivity index is 0.00000220. The zero-order chi connectivity index (χ0) is 14.5. The van der Waals surface area contributed by atoms with Crippen molar-refractivity contribution in [3.8, 4) is 0 Å². The summed E-state index contributed by atoms with van der Waals surface area (Å²) in [6, 6.07) is 6.61. The van der Waals surface area contributed by atoms with E-state index in [-0.39, 0.29) is 36.2 Å². The lowest BCUT2D eigenvalue weighted by Gasteiger charge is -2.29. The van der Waals surface area contributed by atoms with E-state index in [2.05, 4.69) is 5.32 Å². The smallest absolute Gasteiger partial charge is 0.224 e. The van der Waals surface area contributed by atoms with Gasteiger partial charge < -0.3 is 10.2 Å². The number of hydrogen-bond acceptors (Lipinski definition) is 3. The second kappa shape index (κ2) is 8.61. The van der Waals surface area contributed by atoms with Gasteiger partial charge in [0, 0.05) is 43.1 Å². The van der Waals surface area contributed by atoms with Crippen LogP contribution in [-0.4, -0.2) is 41.9 Å². The number of rotatable bonds is 4. The summed E-state index contributed by atoms with van der Waals surface area (Å²) in [6.45, 7) is 2.81. The highest BCUT2D eigenvalue weighted by molar-refractivity contribution is 7.99. The zero-order valence-electron chi connectivity index (χ0n) is 12.3. The quantitative estimate of drug-likeness (QED) is 0.920. The second-order valence-electron chi connectivity index (χ2n) is 5.13. The molecule has 1 fully saturated rings. The predicted molar refractivity (Wildman–Crippen MR) is 88.6 cm³/mol. The van der Waals surface area contributed by atoms with Crippen molar-refractivity contribution in [2.24, 2.45) is 0 Å². The van der Waals surface area contributed by atoms with Crippen molar-refractivity contribution >= 4 is 30.1 Å². The van der Waals surface area contributed by atoms with Crippen LogP contribution in [-0.2, 0) is 4.79 Å². The third kappa shape index (κ3) is 4.87. The van der Waals surface area contributed by atoms with E-state index in [0.717, 1.165) is 18.1 Å². The maximum absolute atomic E-state index is 13.8. The van der Waals surface area contributed by atoms with Gasteiger partial charge in [-0.05, 0) is 13.0 Å². The van der Waals surface area contributed by atoms with Gasteiger partial charge in [-0.25, -0.2) is 4.39 Å². The van der Waals surface area contributed by atoms with Crippen LogP contribution in [0.5, 0.6) is 0 Å². The molecule has 1 aliphatic heterocycles. The van der Waals surface area contributed by atoms with E-state index in [1.54, 1.807) is 30.1 Å². The van der Waals surface area contributed by atoms with Crippen LogP contribution >= 0.6 is 24.2 Å². The van der Waals surface area contributed by atoms with Crippen LogP contribution in [0.2, 0.25) is 0 Å². The van der Waals surface area contributed by atoms with Gasteiger partial charge in [-0.2, -0.15) is 11.8 Å². The average Bonchev–Trinajstić information content (AvgIpc) is 2.47. The van der Waals surface area contributed by atoms with Crippen LogP contribution < -0.4 is 5.32 Å². The molecule has 0 spiro atoms. The van der Waals surface area contributed by atoms with Gasteiger partial charge in [0.25, 0.3) is 0 Å². The molecule has 3 nitrogen and oxygen atoms in total. The third-order valence-electron chi connectivity index (χ3n) is 3.75. The lowest BCUT2D eigenvalue weighted by atomic mass is 10.1. The highest BCUT2D eigenvalue weighted by Crippen LogP contribution is 2.22. The van der Waals surface area contributed by atoms with E-state index in [4.69, 9.17) is 0 Å². The number of thioether (sulfide) groups is 1. The normalized spacial score (nSPS) is 19.5. The van der Waals surface area contributed by atoms with E-state index in [1.165, 1.54) is 6.07 Å². The Morgan fingerprint density at radius 1 is 1.52 bits per heavy atom. The number of nitrogens with one attached hydrogen (secondary N) is 1. The number of amides is 1. The van der Waals surface area contributed by atoms with Gasteiger partial charge in [0.2, 0.25) is 5.91 Å². The summed E-state index contributed by atoms with van der Waals surface area (Å²) in [5.41, 5.74) is 0.564. The maximum Gasteiger partial charge on any atom is 0.224 e. The molecule has 0 saturated carbocycles. The SMILES string of the molecule is CC(c1ccccc1F)N(C)C(=O)CC1CSCCN1.Cl. The van der Waals surface area contributed by atoms with Crippen molar-refractivity contribution < 1.29 is 9.18 Å². The number of benzene rings is 1. The van der Waals surface area contributed by atoms with Crippen LogP contribution in [0.4, 0.5) is 4.39 Å². The third-order valence-corrected chi connectivity index (χ3v) is 4.88. The summed E-state index contributed by atoms with van der Waals surface area (Å²) in [5.74, 6) is 1.87. The number of hydrogen-bond donors (Lipinski definition) is 1. The first-order valence-corrected chi connectivity index (χ1v) is 8.06. The topological polar surface area (TPSA) is 32.3 Å². The molecule has 21 heavy (non-hydrogen) atoms. The van der Waals surface area contributed by atoms with Crippen LogP contribution in [0.1, 0.15) is 24.9 Å². The molecule has 1 N–H and O–H groups in total. The average molecular weight is 333 g/mol. The van der Waals surface area contributed by atoms with Crippen LogP contribution in [0.3, 0.4) is 0 Å². The molecule has 1 heterocycles. The molecule has 1 aromatic carbocycles. The molecule has 2 rings (SSSR count). The van der Waals surface area contributed by atoms with E-state index >= 15 is 0 Å². The van der Waals surface area contributed by atoms with Crippen LogP contribution in [0.15, 0.2) is 24.3 Å². The Labute approximate surface area is 136 Å². The first-order valence-electron chi connectivity index (χ1n) is 6.91. The van der Waals surface area contributed by atoms with E-state index < -0.39 is 0 Å². The minimum atomic E-state index is -0.258. The monoisotopic (exact) mass is 332 g/mol. The molecule has 0 aromatic heterocycles. The van der Waals surface area contributed by atoms with Gasteiger partial charge in [-0.3, -0.25) is 4.79 Å². The molecule has 6 heteroatoms. The Morgan fingerprint density at radius 3 is 2.86 bits per heavy atom. The maximum atomic E-state index is 13.8. The first-order chi connectivity index (χ1) is 9.59. The molecular weight excluding hydrogens is 311 g/mol. The van der Waals surface area contributed by atoms with Crippen LogP contribution in [0, 0.1) is 5.82 Å². The van der Waals surface area contributed by atoms with Gasteiger partial charge in [0.15, 0.2) is 0 Å². The molecule has 1 aliphatic rings. The van der Waals surface area contributed by atoms with Crippen LogP contribution in [0.25, 0.3) is 0 Å². The predicted octanol–water partition coefficient (Wildman–Crippen LogP) is 2.86. The summed E-state index contributed by atoms with van der Waals surface area (Å²) >= 11 is 1.87. The van der Waals surface area contributed by atoms with E-state index in [1.807, 2.05) is 18.7 Å². The molecule has 1 amide bonds. The molecule has 0 aliphatic carbocycles. The number of carbonyl (C=O) groups excluding carboxylic acids is 1. The Kier molecular flexibility index (Phi) is 7.49. The van der Waals surface area contributed by atoms with E-state index in [0.29, 0.717) is 12.0 Å². The molecule has 0 radical (unpaired) electrons. The molecule has 1 aromatic rings. The molecule has 118 valence electrons. The van der Waals surface area contributed by atoms with Crippen molar-refractivity contribution in [1.29, 1.82) is 0 Å². The van der Waals surface area contributed by atoms with Crippen molar-refractivity contribution in [3.63, 3.8) is 0 Å². The van der Waals surface area contributed by atoms with Crippen molar-refractivity contribution in [2.75, 3.05) is 25.1 Å². The fraction of sp³-hybridized carbons (Fsp3) is 0.533. The summed E-state index contributed by atoms with van der Waals surface area (Å²) in [7, 11) is 1.75. The Morgan fingerprint density at radius 2 is 2.24 bits per heavy atom. The minimum absolute atomic E-state index is 0. The fourth-order valence-electron chi connectivity index (χ4n) is 2.34. The van der Waals surface area contributed by atoms with E-state index in [9.17, 15) is 9.18 Å². The number of nitrogens with zero attached hydrogens (tertiary/aromatic N) is 1. The lowest BCUT2D eigenvalue weighted by molar-refractivity contribution is -0.132. The molecule has 0 bridgehead atoms. The van der Waals surface area contributed by atoms with Gasteiger partial charge in [-0.1, -0.05) is 18.2 Å². The van der Waals surface area contributed by atoms with Gasteiger partial charge in [-0.15, -0.1) is 12.4 Å². The second-order valence-corrected chi connectivity index (χ2v) is 6.28. The van der Waals surface area contributed by atoms with Gasteiger partial charge >= 0.3 is 0 Å². The molecule has 1 saturated heterocycles. The summed E-state index contributed by atoms with van der Waals surface area (Å²) in [6.07, 6.45) is 0.474. The highest BCUT2D eigenvalue weighted by atomic mass is 35.5. The highest BCUT2D eigenvalue weighted by Gasteiger charge is 2.23. The van der Waals surface area contributed by atoms with Crippen molar-refractivity contribution in [3.05, 3.63) is 35.6 Å². The number of carbonyl (C=O) groups is 1. The largest absolute Gasteiger partial charge is 0.339 e. The lowest BCUT2D eigenvalue weighted by Crippen LogP contribution is -2.42. The molecule has 2 unspecified atom stereocenters. The molecular formula is C15H22ClFN2OS. The van der Waals surface area contributed by atoms with Gasteiger partial charge in [0.05, 0.1) is 6.04 Å². The van der Waals surface area contributed by atoms with Crippen molar-refractivity contribution in [2.45, 2.75) is 25.4 Å². The fourth-order valence-corrected chi connectivity index (χ4v) is 3.29. The zero-order valence-corrected chi connectivity index (χ0v) is 14.0. The van der Waals surface area contributed by atoms with Gasteiger partial charge in [0.1, 0.15) is 5.82 Å². The summed E-state index contributed by atoms with van der Waals surface area (Å²) in [4.78, 5) is 13.9. The standard InChI is InChI=1S/C15H21FN2OS.ClH/c1-11(13-5-3-4-6-14(13)16)18(2)15(19)9-12-10-20-8-7-17-12;/h3-6,11-12,17H,7-10H2,1-2H3;1H. The Bertz CT molecular complexity index is 469. The number of halogens is 2.